The zero-order chi connectivity index (χ0) is 25.5. The van der Waals surface area contributed by atoms with Crippen LogP contribution in [0.1, 0.15) is 80.4 Å². The van der Waals surface area contributed by atoms with Crippen molar-refractivity contribution in [3.05, 3.63) is 51.7 Å². The number of nitrogens with zero attached hydrogens (tertiary/aromatic N) is 4. The third kappa shape index (κ3) is 3.52. The Hall–Kier alpha value is -2.15. The molecule has 5 heterocycles. The first-order chi connectivity index (χ1) is 18.5. The number of benzene rings is 1. The molecule has 1 aromatic heterocycles. The van der Waals surface area contributed by atoms with Crippen LogP contribution >= 0.6 is 11.6 Å². The fourth-order valence-corrected chi connectivity index (χ4v) is 8.92. The van der Waals surface area contributed by atoms with Crippen molar-refractivity contribution in [1.29, 1.82) is 0 Å². The van der Waals surface area contributed by atoms with Crippen LogP contribution in [0, 0.1) is 5.92 Å². The molecule has 3 fully saturated rings. The van der Waals surface area contributed by atoms with Gasteiger partial charge in [0.2, 0.25) is 0 Å². The van der Waals surface area contributed by atoms with E-state index < -0.39 is 0 Å². The van der Waals surface area contributed by atoms with Gasteiger partial charge >= 0.3 is 6.01 Å². The summed E-state index contributed by atoms with van der Waals surface area (Å²) in [5.41, 5.74) is 4.72. The second-order valence-corrected chi connectivity index (χ2v) is 13.2. The van der Waals surface area contributed by atoms with Crippen LogP contribution in [0.4, 0.5) is 5.82 Å². The Bertz CT molecular complexity index is 1320. The van der Waals surface area contributed by atoms with Gasteiger partial charge < -0.3 is 14.4 Å². The Morgan fingerprint density at radius 1 is 1.16 bits per heavy atom. The van der Waals surface area contributed by atoms with Crippen LogP contribution in [0.5, 0.6) is 6.01 Å². The summed E-state index contributed by atoms with van der Waals surface area (Å²) in [5.74, 6) is 1.79. The smallest absolute Gasteiger partial charge is 0.318 e. The van der Waals surface area contributed by atoms with E-state index in [2.05, 4.69) is 41.0 Å². The van der Waals surface area contributed by atoms with Crippen molar-refractivity contribution in [1.82, 2.24) is 14.9 Å². The average Bonchev–Trinajstić information content (AvgIpc) is 3.53. The van der Waals surface area contributed by atoms with Crippen LogP contribution in [0.15, 0.2) is 24.3 Å². The van der Waals surface area contributed by atoms with E-state index in [0.29, 0.717) is 18.7 Å². The molecule has 0 N–H and O–H groups in total. The molecule has 0 radical (unpaired) electrons. The number of hydrogen-bond donors (Lipinski definition) is 0. The molecule has 0 bridgehead atoms. The van der Waals surface area contributed by atoms with Gasteiger partial charge in [0.05, 0.1) is 30.0 Å². The quantitative estimate of drug-likeness (QED) is 0.503. The average molecular weight is 533 g/mol. The number of halogens is 1. The van der Waals surface area contributed by atoms with Gasteiger partial charge in [0.1, 0.15) is 12.4 Å². The topological polar surface area (TPSA) is 50.7 Å². The van der Waals surface area contributed by atoms with Crippen LogP contribution in [0.2, 0.25) is 5.02 Å². The van der Waals surface area contributed by atoms with Crippen LogP contribution in [-0.4, -0.2) is 59.3 Å². The first-order valence-electron chi connectivity index (χ1n) is 14.7. The van der Waals surface area contributed by atoms with E-state index in [-0.39, 0.29) is 17.1 Å². The Labute approximate surface area is 230 Å². The Kier molecular flexibility index (Phi) is 5.41. The highest BCUT2D eigenvalue weighted by Crippen LogP contribution is 2.53. The van der Waals surface area contributed by atoms with Crippen LogP contribution in [-0.2, 0) is 16.6 Å². The predicted octanol–water partition coefficient (Wildman–Crippen LogP) is 5.72. The van der Waals surface area contributed by atoms with Crippen molar-refractivity contribution in [3.63, 3.8) is 0 Å². The maximum atomic E-state index is 6.72. The van der Waals surface area contributed by atoms with E-state index >= 15 is 0 Å². The number of allylic oxidation sites excluding steroid dienone is 1. The van der Waals surface area contributed by atoms with Gasteiger partial charge in [-0.2, -0.15) is 9.97 Å². The highest BCUT2D eigenvalue weighted by atomic mass is 35.5. The summed E-state index contributed by atoms with van der Waals surface area (Å²) in [4.78, 5) is 15.5. The minimum atomic E-state index is -0.159. The Balaban J connectivity index is 1.20. The maximum Gasteiger partial charge on any atom is 0.318 e. The molecule has 6 nitrogen and oxygen atoms in total. The molecule has 5 atom stereocenters. The standard InChI is InChI=1S/C31H37ClN4O2/c1-20-14-31(10-5-12-35(31)17-20)19-38-29-33-25-15-30(11-9-22-23(30)7-4-8-24(22)32)16-26-27(25)28(34-29)36-13-3-2-6-21(36)18-37-26/h4,7-9,11,20-21,26H,2-3,5-6,10,12-19H2,1H3/t20-,21+,26?,30?,31+/m1/s1. The lowest BCUT2D eigenvalue weighted by Crippen LogP contribution is -2.44. The molecule has 2 aliphatic carbocycles. The van der Waals surface area contributed by atoms with Gasteiger partial charge in [0, 0.05) is 35.5 Å². The lowest BCUT2D eigenvalue weighted by molar-refractivity contribution is 0.0221. The highest BCUT2D eigenvalue weighted by Gasteiger charge is 2.49. The first kappa shape index (κ1) is 23.7. The molecule has 7 heteroatoms. The zero-order valence-corrected chi connectivity index (χ0v) is 23.1. The summed E-state index contributed by atoms with van der Waals surface area (Å²) >= 11 is 6.63. The molecule has 1 aromatic carbocycles. The second-order valence-electron chi connectivity index (χ2n) is 12.8. The van der Waals surface area contributed by atoms with E-state index in [1.807, 2.05) is 6.07 Å². The van der Waals surface area contributed by atoms with Gasteiger partial charge in [-0.05, 0) is 74.6 Å². The van der Waals surface area contributed by atoms with Gasteiger partial charge in [-0.15, -0.1) is 0 Å². The number of hydrogen-bond acceptors (Lipinski definition) is 6. The lowest BCUT2D eigenvalue weighted by atomic mass is 9.69. The van der Waals surface area contributed by atoms with E-state index in [4.69, 9.17) is 31.0 Å². The molecule has 2 aromatic rings. The fraction of sp³-hybridized carbons (Fsp3) is 0.613. The second kappa shape index (κ2) is 8.67. The van der Waals surface area contributed by atoms with Gasteiger partial charge in [-0.3, -0.25) is 4.90 Å². The molecule has 200 valence electrons. The molecule has 6 aliphatic rings. The Morgan fingerprint density at radius 2 is 2.11 bits per heavy atom. The number of fused-ring (bicyclic) bond motifs is 5. The summed E-state index contributed by atoms with van der Waals surface area (Å²) in [6.45, 7) is 7.21. The molecule has 3 saturated heterocycles. The number of aromatic nitrogens is 2. The molecule has 8 rings (SSSR count). The predicted molar refractivity (Wildman–Crippen MR) is 149 cm³/mol. The van der Waals surface area contributed by atoms with Crippen molar-refractivity contribution in [2.75, 3.05) is 37.7 Å². The number of piperidine rings is 1. The van der Waals surface area contributed by atoms with E-state index in [1.165, 1.54) is 56.3 Å². The van der Waals surface area contributed by atoms with Crippen LogP contribution < -0.4 is 9.64 Å². The summed E-state index contributed by atoms with van der Waals surface area (Å²) < 4.78 is 13.3. The van der Waals surface area contributed by atoms with Gasteiger partial charge in [-0.25, -0.2) is 0 Å². The zero-order valence-electron chi connectivity index (χ0n) is 22.3. The third-order valence-corrected chi connectivity index (χ3v) is 10.7. The van der Waals surface area contributed by atoms with E-state index in [0.717, 1.165) is 60.4 Å². The highest BCUT2D eigenvalue weighted by molar-refractivity contribution is 6.32. The largest absolute Gasteiger partial charge is 0.461 e. The molecule has 4 aliphatic heterocycles. The molecular weight excluding hydrogens is 496 g/mol. The maximum absolute atomic E-state index is 6.72. The summed E-state index contributed by atoms with van der Waals surface area (Å²) in [6, 6.07) is 7.23. The number of rotatable bonds is 3. The van der Waals surface area contributed by atoms with Crippen molar-refractivity contribution < 1.29 is 9.47 Å². The van der Waals surface area contributed by atoms with E-state index in [1.54, 1.807) is 0 Å². The molecule has 0 saturated carbocycles. The molecule has 2 unspecified atom stereocenters. The third-order valence-electron chi connectivity index (χ3n) is 10.4. The summed E-state index contributed by atoms with van der Waals surface area (Å²) in [6.07, 6.45) is 13.5. The fourth-order valence-electron chi connectivity index (χ4n) is 8.68. The SMILES string of the molecule is C[C@H]1CN2CCC[C@@]2(COc2nc3c4c(n2)N2CCCC[C@H]2COC4CC2(C=Cc4c(Cl)cccc42)C3)C1. The van der Waals surface area contributed by atoms with E-state index in [9.17, 15) is 0 Å². The van der Waals surface area contributed by atoms with Gasteiger partial charge in [0.15, 0.2) is 0 Å². The summed E-state index contributed by atoms with van der Waals surface area (Å²) in [5, 5.41) is 0.818. The van der Waals surface area contributed by atoms with Crippen molar-refractivity contribution in [2.24, 2.45) is 5.92 Å². The monoisotopic (exact) mass is 532 g/mol. The molecule has 0 amide bonds. The lowest BCUT2D eigenvalue weighted by Gasteiger charge is -2.39. The van der Waals surface area contributed by atoms with Crippen LogP contribution in [0.3, 0.4) is 0 Å². The van der Waals surface area contributed by atoms with Crippen molar-refractivity contribution in [2.45, 2.75) is 81.4 Å². The van der Waals surface area contributed by atoms with Crippen molar-refractivity contribution >= 4 is 23.5 Å². The minimum absolute atomic E-state index is 0.0254. The van der Waals surface area contributed by atoms with Gasteiger partial charge in [-0.1, -0.05) is 42.8 Å². The van der Waals surface area contributed by atoms with Gasteiger partial charge in [0.25, 0.3) is 0 Å². The summed E-state index contributed by atoms with van der Waals surface area (Å²) in [7, 11) is 0. The Morgan fingerprint density at radius 3 is 3.05 bits per heavy atom. The molecular formula is C31H37ClN4O2. The molecule has 38 heavy (non-hydrogen) atoms. The molecule has 1 spiro atoms. The number of anilines is 1. The normalized spacial score (nSPS) is 35.1. The van der Waals surface area contributed by atoms with Crippen LogP contribution in [0.25, 0.3) is 6.08 Å². The first-order valence-corrected chi connectivity index (χ1v) is 15.1. The minimum Gasteiger partial charge on any atom is -0.461 e. The number of ether oxygens (including phenoxy) is 2. The van der Waals surface area contributed by atoms with Crippen molar-refractivity contribution in [3.8, 4) is 6.01 Å².